The van der Waals surface area contributed by atoms with Gasteiger partial charge in [-0.05, 0) is 11.6 Å². The maximum Gasteiger partial charge on any atom is 0.372 e. The summed E-state index contributed by atoms with van der Waals surface area (Å²) in [5, 5.41) is 8.53. The number of aliphatic carboxylic acids is 1. The smallest absolute Gasteiger partial charge is 0.372 e. The van der Waals surface area contributed by atoms with E-state index in [1.165, 1.54) is 0 Å². The first-order chi connectivity index (χ1) is 9.97. The van der Waals surface area contributed by atoms with Crippen LogP contribution in [-0.2, 0) is 23.1 Å². The molecule has 1 aromatic heterocycles. The van der Waals surface area contributed by atoms with Crippen LogP contribution >= 0.6 is 0 Å². The second-order valence-electron chi connectivity index (χ2n) is 4.82. The first-order valence-corrected chi connectivity index (χ1v) is 6.46. The monoisotopic (exact) mass is 285 g/mol. The van der Waals surface area contributed by atoms with Crippen molar-refractivity contribution in [1.29, 1.82) is 0 Å². The minimum absolute atomic E-state index is 0.359. The predicted octanol–water partition coefficient (Wildman–Crippen LogP) is 1.84. The standard InChI is InChI=1S/C16H15NO4/c1-17-10-12(14(18)9-15(19)16(20)21)8-13(17)7-11-5-3-2-4-6-11/h2-6,8,10H,7,9H2,1H3,(H,20,21). The summed E-state index contributed by atoms with van der Waals surface area (Å²) in [6, 6.07) is 11.5. The molecular weight excluding hydrogens is 270 g/mol. The van der Waals surface area contributed by atoms with Gasteiger partial charge in [-0.15, -0.1) is 0 Å². The number of Topliss-reactive ketones (excluding diaryl/α,β-unsaturated/α-hetero) is 2. The number of benzene rings is 1. The predicted molar refractivity (Wildman–Crippen MR) is 76.3 cm³/mol. The van der Waals surface area contributed by atoms with Gasteiger partial charge < -0.3 is 9.67 Å². The normalized spacial score (nSPS) is 10.3. The molecule has 0 aliphatic rings. The van der Waals surface area contributed by atoms with Crippen molar-refractivity contribution < 1.29 is 19.5 Å². The Labute approximate surface area is 121 Å². The summed E-state index contributed by atoms with van der Waals surface area (Å²) >= 11 is 0. The molecular formula is C16H15NO4. The van der Waals surface area contributed by atoms with Crippen LogP contribution < -0.4 is 0 Å². The third-order valence-electron chi connectivity index (χ3n) is 3.22. The molecule has 0 aliphatic carbocycles. The number of carboxylic acid groups (broad SMARTS) is 1. The van der Waals surface area contributed by atoms with Crippen LogP contribution in [0, 0.1) is 0 Å². The van der Waals surface area contributed by atoms with Crippen molar-refractivity contribution >= 4 is 17.5 Å². The number of carbonyl (C=O) groups is 3. The Bertz CT molecular complexity index is 686. The van der Waals surface area contributed by atoms with Crippen LogP contribution in [0.2, 0.25) is 0 Å². The van der Waals surface area contributed by atoms with Gasteiger partial charge in [0.25, 0.3) is 0 Å². The fraction of sp³-hybridized carbons (Fsp3) is 0.188. The van der Waals surface area contributed by atoms with Gasteiger partial charge in [0.1, 0.15) is 0 Å². The Morgan fingerprint density at radius 1 is 1.14 bits per heavy atom. The largest absolute Gasteiger partial charge is 0.475 e. The van der Waals surface area contributed by atoms with Crippen molar-refractivity contribution in [2.75, 3.05) is 0 Å². The van der Waals surface area contributed by atoms with Crippen molar-refractivity contribution in [1.82, 2.24) is 4.57 Å². The molecule has 0 unspecified atom stereocenters. The highest BCUT2D eigenvalue weighted by Gasteiger charge is 2.19. The molecule has 1 aromatic carbocycles. The van der Waals surface area contributed by atoms with Gasteiger partial charge in [0.15, 0.2) is 5.78 Å². The van der Waals surface area contributed by atoms with Crippen LogP contribution in [0.15, 0.2) is 42.6 Å². The van der Waals surface area contributed by atoms with E-state index < -0.39 is 24.0 Å². The minimum Gasteiger partial charge on any atom is -0.475 e. The molecule has 5 nitrogen and oxygen atoms in total. The molecule has 1 N–H and O–H groups in total. The number of aromatic nitrogens is 1. The molecule has 2 aromatic rings. The SMILES string of the molecule is Cn1cc(C(=O)CC(=O)C(=O)O)cc1Cc1ccccc1. The van der Waals surface area contributed by atoms with Crippen molar-refractivity contribution in [3.8, 4) is 0 Å². The summed E-state index contributed by atoms with van der Waals surface area (Å²) < 4.78 is 1.81. The molecule has 21 heavy (non-hydrogen) atoms. The zero-order valence-electron chi connectivity index (χ0n) is 11.6. The Balaban J connectivity index is 2.14. The van der Waals surface area contributed by atoms with Crippen LogP contribution in [0.1, 0.15) is 28.0 Å². The molecule has 0 radical (unpaired) electrons. The van der Waals surface area contributed by atoms with E-state index in [-0.39, 0.29) is 0 Å². The molecule has 0 atom stereocenters. The number of carbonyl (C=O) groups excluding carboxylic acids is 2. The van der Waals surface area contributed by atoms with Crippen LogP contribution in [-0.4, -0.2) is 27.2 Å². The zero-order valence-corrected chi connectivity index (χ0v) is 11.6. The zero-order chi connectivity index (χ0) is 15.4. The quantitative estimate of drug-likeness (QED) is 0.499. The lowest BCUT2D eigenvalue weighted by Gasteiger charge is -2.02. The fourth-order valence-electron chi connectivity index (χ4n) is 2.07. The van der Waals surface area contributed by atoms with Crippen LogP contribution in [0.3, 0.4) is 0 Å². The number of carboxylic acids is 1. The first-order valence-electron chi connectivity index (χ1n) is 6.46. The number of hydrogen-bond acceptors (Lipinski definition) is 3. The molecule has 0 amide bonds. The van der Waals surface area contributed by atoms with E-state index >= 15 is 0 Å². The summed E-state index contributed by atoms with van der Waals surface area (Å²) in [5.41, 5.74) is 2.39. The Morgan fingerprint density at radius 3 is 2.43 bits per heavy atom. The maximum atomic E-state index is 11.9. The highest BCUT2D eigenvalue weighted by molar-refractivity contribution is 6.37. The van der Waals surface area contributed by atoms with E-state index in [9.17, 15) is 14.4 Å². The number of rotatable bonds is 6. The van der Waals surface area contributed by atoms with E-state index in [1.807, 2.05) is 41.9 Å². The lowest BCUT2D eigenvalue weighted by atomic mass is 10.1. The molecule has 0 saturated heterocycles. The van der Waals surface area contributed by atoms with Crippen LogP contribution in [0.25, 0.3) is 0 Å². The molecule has 0 fully saturated rings. The van der Waals surface area contributed by atoms with Gasteiger partial charge in [0, 0.05) is 30.9 Å². The van der Waals surface area contributed by atoms with Crippen molar-refractivity contribution in [3.05, 3.63) is 59.4 Å². The van der Waals surface area contributed by atoms with E-state index in [0.717, 1.165) is 11.3 Å². The topological polar surface area (TPSA) is 76.4 Å². The average Bonchev–Trinajstić information content (AvgIpc) is 2.81. The molecule has 108 valence electrons. The van der Waals surface area contributed by atoms with Crippen molar-refractivity contribution in [3.63, 3.8) is 0 Å². The van der Waals surface area contributed by atoms with E-state index in [0.29, 0.717) is 12.0 Å². The number of aryl methyl sites for hydroxylation is 1. The lowest BCUT2D eigenvalue weighted by molar-refractivity contribution is -0.148. The molecule has 0 spiro atoms. The number of hydrogen-bond donors (Lipinski definition) is 1. The van der Waals surface area contributed by atoms with Gasteiger partial charge >= 0.3 is 5.97 Å². The molecule has 2 rings (SSSR count). The molecule has 0 aliphatic heterocycles. The Kier molecular flexibility index (Phi) is 4.33. The molecule has 0 saturated carbocycles. The number of nitrogens with zero attached hydrogens (tertiary/aromatic N) is 1. The van der Waals surface area contributed by atoms with Crippen molar-refractivity contribution in [2.45, 2.75) is 12.8 Å². The van der Waals surface area contributed by atoms with Gasteiger partial charge in [-0.3, -0.25) is 9.59 Å². The van der Waals surface area contributed by atoms with Crippen LogP contribution in [0.5, 0.6) is 0 Å². The summed E-state index contributed by atoms with van der Waals surface area (Å²) in [6.07, 6.45) is 1.68. The second-order valence-corrected chi connectivity index (χ2v) is 4.82. The third-order valence-corrected chi connectivity index (χ3v) is 3.22. The fourth-order valence-corrected chi connectivity index (χ4v) is 2.07. The highest BCUT2D eigenvalue weighted by atomic mass is 16.4. The van der Waals surface area contributed by atoms with E-state index in [1.54, 1.807) is 12.3 Å². The summed E-state index contributed by atoms with van der Waals surface area (Å²) in [7, 11) is 1.81. The van der Waals surface area contributed by atoms with E-state index in [4.69, 9.17) is 5.11 Å². The first kappa shape index (κ1) is 14.7. The minimum atomic E-state index is -1.58. The Morgan fingerprint density at radius 2 is 1.81 bits per heavy atom. The van der Waals surface area contributed by atoms with Gasteiger partial charge in [-0.1, -0.05) is 30.3 Å². The maximum absolute atomic E-state index is 11.9. The molecule has 1 heterocycles. The average molecular weight is 285 g/mol. The molecule has 5 heteroatoms. The van der Waals surface area contributed by atoms with Gasteiger partial charge in [-0.2, -0.15) is 0 Å². The summed E-state index contributed by atoms with van der Waals surface area (Å²) in [6.45, 7) is 0. The summed E-state index contributed by atoms with van der Waals surface area (Å²) in [4.78, 5) is 33.4. The lowest BCUT2D eigenvalue weighted by Crippen LogP contribution is -2.16. The third kappa shape index (κ3) is 3.66. The van der Waals surface area contributed by atoms with E-state index in [2.05, 4.69) is 0 Å². The van der Waals surface area contributed by atoms with Gasteiger partial charge in [0.2, 0.25) is 5.78 Å². The molecule has 0 bridgehead atoms. The van der Waals surface area contributed by atoms with Crippen molar-refractivity contribution in [2.24, 2.45) is 7.05 Å². The number of ketones is 2. The highest BCUT2D eigenvalue weighted by Crippen LogP contribution is 2.14. The van der Waals surface area contributed by atoms with Crippen LogP contribution in [0.4, 0.5) is 0 Å². The summed E-state index contributed by atoms with van der Waals surface area (Å²) in [5.74, 6) is -3.14. The Hall–Kier alpha value is -2.69. The van der Waals surface area contributed by atoms with Gasteiger partial charge in [0.05, 0.1) is 6.42 Å². The van der Waals surface area contributed by atoms with Gasteiger partial charge in [-0.25, -0.2) is 4.79 Å². The second kappa shape index (κ2) is 6.17.